The molecule has 0 saturated heterocycles. The van der Waals surface area contributed by atoms with Crippen molar-refractivity contribution in [2.75, 3.05) is 17.7 Å². The molecule has 3 rings (SSSR count). The zero-order valence-corrected chi connectivity index (χ0v) is 14.6. The van der Waals surface area contributed by atoms with Crippen molar-refractivity contribution < 1.29 is 14.3 Å². The van der Waals surface area contributed by atoms with Gasteiger partial charge in [0.1, 0.15) is 5.75 Å². The largest absolute Gasteiger partial charge is 0.497 e. The maximum atomic E-state index is 12.7. The topological polar surface area (TPSA) is 67.4 Å². The van der Waals surface area contributed by atoms with Crippen molar-refractivity contribution in [3.63, 3.8) is 0 Å². The molecule has 1 aliphatic rings. The van der Waals surface area contributed by atoms with Crippen LogP contribution in [-0.4, -0.2) is 18.9 Å². The number of amides is 2. The first kappa shape index (κ1) is 16.5. The van der Waals surface area contributed by atoms with Gasteiger partial charge in [0.25, 0.3) is 5.91 Å². The minimum Gasteiger partial charge on any atom is -0.497 e. The average Bonchev–Trinajstić information content (AvgIpc) is 3.00. The van der Waals surface area contributed by atoms with E-state index in [4.69, 9.17) is 4.74 Å². The summed E-state index contributed by atoms with van der Waals surface area (Å²) >= 11 is 1.66. The fourth-order valence-corrected chi connectivity index (χ4v) is 4.05. The van der Waals surface area contributed by atoms with Crippen LogP contribution in [0.2, 0.25) is 0 Å². The summed E-state index contributed by atoms with van der Waals surface area (Å²) in [7, 11) is 1.56. The van der Waals surface area contributed by atoms with Crippen LogP contribution in [0.4, 0.5) is 11.4 Å². The molecule has 0 spiro atoms. The molecule has 2 amide bonds. The molecule has 0 radical (unpaired) electrons. The molecule has 0 bridgehead atoms. The Bertz CT molecular complexity index is 783. The molecule has 0 saturated carbocycles. The molecule has 1 aromatic carbocycles. The maximum absolute atomic E-state index is 12.7. The number of carbonyl (C=O) groups is 2. The predicted molar refractivity (Wildman–Crippen MR) is 96.2 cm³/mol. The van der Waals surface area contributed by atoms with E-state index < -0.39 is 0 Å². The number of fused-ring (bicyclic) bond motifs is 1. The van der Waals surface area contributed by atoms with Gasteiger partial charge in [0, 0.05) is 23.2 Å². The van der Waals surface area contributed by atoms with Crippen LogP contribution < -0.4 is 15.4 Å². The monoisotopic (exact) mass is 344 g/mol. The normalized spacial score (nSPS) is 13.1. The molecular formula is C18H20N2O3S. The van der Waals surface area contributed by atoms with E-state index in [0.29, 0.717) is 17.1 Å². The van der Waals surface area contributed by atoms with Gasteiger partial charge in [-0.05, 0) is 43.4 Å². The second kappa shape index (κ2) is 7.05. The zero-order valence-electron chi connectivity index (χ0n) is 13.8. The first-order valence-corrected chi connectivity index (χ1v) is 8.82. The molecule has 0 aliphatic heterocycles. The average molecular weight is 344 g/mol. The van der Waals surface area contributed by atoms with Crippen molar-refractivity contribution >= 4 is 34.5 Å². The molecule has 0 unspecified atom stereocenters. The van der Waals surface area contributed by atoms with Crippen LogP contribution >= 0.6 is 11.3 Å². The van der Waals surface area contributed by atoms with E-state index in [0.717, 1.165) is 24.8 Å². The lowest BCUT2D eigenvalue weighted by Crippen LogP contribution is -2.16. The molecule has 1 aliphatic carbocycles. The first-order chi connectivity index (χ1) is 11.6. The van der Waals surface area contributed by atoms with Gasteiger partial charge in [-0.2, -0.15) is 0 Å². The number of aryl methyl sites for hydroxylation is 1. The summed E-state index contributed by atoms with van der Waals surface area (Å²) in [6.45, 7) is 1.44. The van der Waals surface area contributed by atoms with Gasteiger partial charge in [0.2, 0.25) is 5.91 Å². The molecule has 24 heavy (non-hydrogen) atoms. The highest BCUT2D eigenvalue weighted by Gasteiger charge is 2.21. The number of ether oxygens (including phenoxy) is 1. The van der Waals surface area contributed by atoms with Crippen molar-refractivity contribution in [2.24, 2.45) is 0 Å². The Labute approximate surface area is 145 Å². The summed E-state index contributed by atoms with van der Waals surface area (Å²) in [6, 6.07) is 5.17. The molecule has 2 N–H and O–H groups in total. The first-order valence-electron chi connectivity index (χ1n) is 7.94. The van der Waals surface area contributed by atoms with Crippen LogP contribution in [-0.2, 0) is 17.6 Å². The second-order valence-electron chi connectivity index (χ2n) is 5.81. The minimum absolute atomic E-state index is 0.144. The molecule has 6 heteroatoms. The van der Waals surface area contributed by atoms with E-state index in [9.17, 15) is 9.59 Å². The van der Waals surface area contributed by atoms with Crippen molar-refractivity contribution in [2.45, 2.75) is 32.6 Å². The summed E-state index contributed by atoms with van der Waals surface area (Å²) in [5, 5.41) is 7.58. The molecule has 2 aromatic rings. The third kappa shape index (κ3) is 3.43. The molecule has 1 heterocycles. The Morgan fingerprint density at radius 1 is 1.12 bits per heavy atom. The minimum atomic E-state index is -0.191. The lowest BCUT2D eigenvalue weighted by atomic mass is 9.95. The number of carbonyl (C=O) groups excluding carboxylic acids is 2. The van der Waals surface area contributed by atoms with Crippen molar-refractivity contribution in [1.82, 2.24) is 0 Å². The SMILES string of the molecule is COc1ccc(NC(C)=O)c(NC(=O)c2csc3c2CCCC3)c1. The summed E-state index contributed by atoms with van der Waals surface area (Å²) in [4.78, 5) is 25.4. The highest BCUT2D eigenvalue weighted by Crippen LogP contribution is 2.32. The van der Waals surface area contributed by atoms with Crippen LogP contribution in [0.25, 0.3) is 0 Å². The molecule has 0 atom stereocenters. The van der Waals surface area contributed by atoms with Crippen LogP contribution in [0, 0.1) is 0 Å². The molecule has 1 aromatic heterocycles. The van der Waals surface area contributed by atoms with Gasteiger partial charge in [0.05, 0.1) is 24.0 Å². The predicted octanol–water partition coefficient (Wildman–Crippen LogP) is 3.85. The van der Waals surface area contributed by atoms with E-state index in [2.05, 4.69) is 10.6 Å². The van der Waals surface area contributed by atoms with Gasteiger partial charge in [0.15, 0.2) is 0 Å². The Morgan fingerprint density at radius 2 is 1.92 bits per heavy atom. The number of hydrogen-bond acceptors (Lipinski definition) is 4. The van der Waals surface area contributed by atoms with Gasteiger partial charge in [-0.15, -0.1) is 11.3 Å². The Kier molecular flexibility index (Phi) is 4.85. The van der Waals surface area contributed by atoms with Gasteiger partial charge in [-0.1, -0.05) is 0 Å². The zero-order chi connectivity index (χ0) is 17.1. The summed E-state index contributed by atoms with van der Waals surface area (Å²) in [5.41, 5.74) is 3.00. The van der Waals surface area contributed by atoms with E-state index in [-0.39, 0.29) is 11.8 Å². The van der Waals surface area contributed by atoms with Gasteiger partial charge in [-0.3, -0.25) is 9.59 Å². The quantitative estimate of drug-likeness (QED) is 0.885. The lowest BCUT2D eigenvalue weighted by Gasteiger charge is -2.15. The van der Waals surface area contributed by atoms with E-state index in [1.165, 1.54) is 23.8 Å². The standard InChI is InChI=1S/C18H20N2O3S/c1-11(21)19-15-8-7-12(23-2)9-16(15)20-18(22)14-10-24-17-6-4-3-5-13(14)17/h7-10H,3-6H2,1-2H3,(H,19,21)(H,20,22). The van der Waals surface area contributed by atoms with E-state index in [1.807, 2.05) is 5.38 Å². The van der Waals surface area contributed by atoms with Crippen LogP contribution in [0.1, 0.15) is 40.6 Å². The smallest absolute Gasteiger partial charge is 0.256 e. The number of hydrogen-bond donors (Lipinski definition) is 2. The third-order valence-electron chi connectivity index (χ3n) is 4.09. The van der Waals surface area contributed by atoms with Crippen LogP contribution in [0.3, 0.4) is 0 Å². The Hall–Kier alpha value is -2.34. The number of methoxy groups -OCH3 is 1. The summed E-state index contributed by atoms with van der Waals surface area (Å²) < 4.78 is 5.22. The fourth-order valence-electron chi connectivity index (χ4n) is 2.93. The number of rotatable bonds is 4. The van der Waals surface area contributed by atoms with Crippen LogP contribution in [0.15, 0.2) is 23.6 Å². The summed E-state index contributed by atoms with van der Waals surface area (Å²) in [6.07, 6.45) is 4.33. The number of thiophene rings is 1. The molecule has 5 nitrogen and oxygen atoms in total. The third-order valence-corrected chi connectivity index (χ3v) is 5.18. The highest BCUT2D eigenvalue weighted by molar-refractivity contribution is 7.10. The Morgan fingerprint density at radius 3 is 2.67 bits per heavy atom. The summed E-state index contributed by atoms with van der Waals surface area (Å²) in [5.74, 6) is 0.282. The lowest BCUT2D eigenvalue weighted by molar-refractivity contribution is -0.114. The fraction of sp³-hybridized carbons (Fsp3) is 0.333. The van der Waals surface area contributed by atoms with Gasteiger partial charge < -0.3 is 15.4 Å². The van der Waals surface area contributed by atoms with Crippen LogP contribution in [0.5, 0.6) is 5.75 Å². The highest BCUT2D eigenvalue weighted by atomic mass is 32.1. The van der Waals surface area contributed by atoms with E-state index in [1.54, 1.807) is 36.6 Å². The van der Waals surface area contributed by atoms with E-state index >= 15 is 0 Å². The van der Waals surface area contributed by atoms with Crippen molar-refractivity contribution in [3.8, 4) is 5.75 Å². The number of anilines is 2. The second-order valence-corrected chi connectivity index (χ2v) is 6.77. The maximum Gasteiger partial charge on any atom is 0.256 e. The van der Waals surface area contributed by atoms with Crippen molar-refractivity contribution in [1.29, 1.82) is 0 Å². The number of nitrogens with one attached hydrogen (secondary N) is 2. The number of benzene rings is 1. The Balaban J connectivity index is 1.88. The molecule has 0 fully saturated rings. The molecular weight excluding hydrogens is 324 g/mol. The van der Waals surface area contributed by atoms with Crippen molar-refractivity contribution in [3.05, 3.63) is 39.6 Å². The van der Waals surface area contributed by atoms with Gasteiger partial charge in [-0.25, -0.2) is 0 Å². The molecule has 126 valence electrons. The van der Waals surface area contributed by atoms with Gasteiger partial charge >= 0.3 is 0 Å².